The molecule has 0 aromatic heterocycles. The van der Waals surface area contributed by atoms with E-state index in [0.717, 1.165) is 30.8 Å². The third kappa shape index (κ3) is 5.35. The monoisotopic (exact) mass is 352 g/mol. The molecule has 1 N–H and O–H groups in total. The summed E-state index contributed by atoms with van der Waals surface area (Å²) in [5, 5.41) is 10.4. The van der Waals surface area contributed by atoms with Crippen LogP contribution in [0.25, 0.3) is 0 Å². The van der Waals surface area contributed by atoms with E-state index in [-0.39, 0.29) is 12.4 Å². The summed E-state index contributed by atoms with van der Waals surface area (Å²) in [7, 11) is 0. The number of aromatic hydroxyl groups is 1. The largest absolute Gasteiger partial charge is 1.00 e. The number of rotatable bonds is 6. The lowest BCUT2D eigenvalue weighted by Crippen LogP contribution is -3.00. The number of phenolic OH excluding ortho intramolecular Hbond substituents is 1. The first-order chi connectivity index (χ1) is 11.7. The maximum Gasteiger partial charge on any atom is 0.122 e. The van der Waals surface area contributed by atoms with Crippen LogP contribution in [0.15, 0.2) is 78.9 Å². The van der Waals surface area contributed by atoms with Gasteiger partial charge in [0.05, 0.1) is 0 Å². The van der Waals surface area contributed by atoms with Gasteiger partial charge in [0, 0.05) is 25.2 Å². The normalized spacial score (nSPS) is 10.5. The van der Waals surface area contributed by atoms with E-state index in [4.69, 9.17) is 0 Å². The molecule has 0 heterocycles. The Hall–Kier alpha value is -2.29. The van der Waals surface area contributed by atoms with Crippen molar-refractivity contribution >= 4 is 0 Å². The van der Waals surface area contributed by atoms with Gasteiger partial charge >= 0.3 is 0 Å². The number of para-hydroxylation sites is 1. The van der Waals surface area contributed by atoms with Crippen LogP contribution >= 0.6 is 0 Å². The predicted molar refractivity (Wildman–Crippen MR) is 98.7 cm³/mol. The van der Waals surface area contributed by atoms with Crippen molar-refractivity contribution in [1.82, 2.24) is 4.90 Å². The summed E-state index contributed by atoms with van der Waals surface area (Å²) >= 11 is 0. The van der Waals surface area contributed by atoms with Gasteiger partial charge in [-0.3, -0.25) is 4.90 Å². The van der Waals surface area contributed by atoms with Crippen LogP contribution in [0.4, 0.5) is 0 Å². The van der Waals surface area contributed by atoms with E-state index in [2.05, 4.69) is 53.4 Å². The molecule has 0 radical (unpaired) electrons. The van der Waals surface area contributed by atoms with Crippen LogP contribution in [-0.4, -0.2) is 10.0 Å². The van der Waals surface area contributed by atoms with Crippen molar-refractivity contribution < 1.29 is 17.5 Å². The molecular formula is C22H23ClNO-. The van der Waals surface area contributed by atoms with Crippen LogP contribution in [0.1, 0.15) is 22.3 Å². The average Bonchev–Trinajstić information content (AvgIpc) is 2.61. The minimum absolute atomic E-state index is 0. The summed E-state index contributed by atoms with van der Waals surface area (Å²) in [5.41, 5.74) is 4.45. The summed E-state index contributed by atoms with van der Waals surface area (Å²) in [4.78, 5) is 2.36. The molecule has 0 saturated heterocycles. The highest BCUT2D eigenvalue weighted by atomic mass is 35.5. The summed E-state index contributed by atoms with van der Waals surface area (Å²) in [6.45, 7) is 4.36. The molecule has 2 nitrogen and oxygen atoms in total. The van der Waals surface area contributed by atoms with Gasteiger partial charge in [0.25, 0.3) is 0 Å². The fourth-order valence-corrected chi connectivity index (χ4v) is 2.94. The van der Waals surface area contributed by atoms with E-state index < -0.39 is 0 Å². The Morgan fingerprint density at radius 2 is 1.20 bits per heavy atom. The average molecular weight is 353 g/mol. The molecule has 0 aliphatic carbocycles. The Bertz CT molecular complexity index is 733. The Morgan fingerprint density at radius 3 is 1.72 bits per heavy atom. The lowest BCUT2D eigenvalue weighted by Gasteiger charge is -2.23. The van der Waals surface area contributed by atoms with Gasteiger partial charge in [-0.2, -0.15) is 0 Å². The molecule has 0 saturated carbocycles. The third-order valence-electron chi connectivity index (χ3n) is 4.21. The van der Waals surface area contributed by atoms with Crippen molar-refractivity contribution in [3.8, 4) is 5.75 Å². The second-order valence-electron chi connectivity index (χ2n) is 6.20. The highest BCUT2D eigenvalue weighted by Gasteiger charge is 2.11. The highest BCUT2D eigenvalue weighted by molar-refractivity contribution is 5.39. The Labute approximate surface area is 156 Å². The van der Waals surface area contributed by atoms with Crippen LogP contribution in [0.3, 0.4) is 0 Å². The van der Waals surface area contributed by atoms with Gasteiger partial charge in [-0.05, 0) is 23.6 Å². The van der Waals surface area contributed by atoms with Crippen molar-refractivity contribution in [2.45, 2.75) is 26.6 Å². The van der Waals surface area contributed by atoms with Crippen molar-refractivity contribution in [1.29, 1.82) is 0 Å². The van der Waals surface area contributed by atoms with Gasteiger partial charge in [-0.25, -0.2) is 0 Å². The SMILES string of the molecule is Cc1cccc(CN(Cc2ccccc2)Cc2ccccc2)c1O.[Cl-]. The number of hydrogen-bond donors (Lipinski definition) is 1. The molecule has 3 heteroatoms. The van der Waals surface area contributed by atoms with Crippen LogP contribution in [0.2, 0.25) is 0 Å². The zero-order valence-electron chi connectivity index (χ0n) is 14.4. The molecule has 0 fully saturated rings. The molecule has 3 rings (SSSR count). The number of benzene rings is 3. The molecule has 0 amide bonds. The fourth-order valence-electron chi connectivity index (χ4n) is 2.94. The number of halogens is 1. The standard InChI is InChI=1S/C22H23NO.ClH/c1-18-9-8-14-21(22(18)24)17-23(15-19-10-4-2-5-11-19)16-20-12-6-3-7-13-20;/h2-14,24H,15-17H2,1H3;1H/p-1. The molecule has 0 unspecified atom stereocenters. The topological polar surface area (TPSA) is 23.5 Å². The summed E-state index contributed by atoms with van der Waals surface area (Å²) in [6.07, 6.45) is 0. The van der Waals surface area contributed by atoms with Gasteiger partial charge in [-0.1, -0.05) is 78.9 Å². The Kier molecular flexibility index (Phi) is 7.05. The minimum Gasteiger partial charge on any atom is -1.00 e. The molecule has 0 atom stereocenters. The molecule has 130 valence electrons. The predicted octanol–water partition coefficient (Wildman–Crippen LogP) is 1.91. The van der Waals surface area contributed by atoms with Gasteiger partial charge < -0.3 is 17.5 Å². The van der Waals surface area contributed by atoms with Crippen molar-refractivity contribution in [3.05, 3.63) is 101 Å². The second-order valence-corrected chi connectivity index (χ2v) is 6.20. The van der Waals surface area contributed by atoms with E-state index in [9.17, 15) is 5.11 Å². The lowest BCUT2D eigenvalue weighted by molar-refractivity contribution is -0.00000588. The first kappa shape index (κ1) is 19.0. The molecule has 0 aliphatic rings. The van der Waals surface area contributed by atoms with E-state index in [0.29, 0.717) is 5.75 Å². The molecule has 0 bridgehead atoms. The van der Waals surface area contributed by atoms with Crippen molar-refractivity contribution in [3.63, 3.8) is 0 Å². The summed E-state index contributed by atoms with van der Waals surface area (Å²) in [5.74, 6) is 0.406. The zero-order valence-corrected chi connectivity index (χ0v) is 15.2. The van der Waals surface area contributed by atoms with E-state index in [1.807, 2.05) is 37.3 Å². The molecular weight excluding hydrogens is 330 g/mol. The quantitative estimate of drug-likeness (QED) is 0.732. The van der Waals surface area contributed by atoms with Crippen LogP contribution in [-0.2, 0) is 19.6 Å². The Morgan fingerprint density at radius 1 is 0.680 bits per heavy atom. The van der Waals surface area contributed by atoms with Gasteiger partial charge in [0.15, 0.2) is 0 Å². The van der Waals surface area contributed by atoms with E-state index >= 15 is 0 Å². The molecule has 3 aromatic carbocycles. The Balaban J connectivity index is 0.00000225. The smallest absolute Gasteiger partial charge is 0.122 e. The first-order valence-electron chi connectivity index (χ1n) is 8.30. The molecule has 3 aromatic rings. The summed E-state index contributed by atoms with van der Waals surface area (Å²) < 4.78 is 0. The third-order valence-corrected chi connectivity index (χ3v) is 4.21. The van der Waals surface area contributed by atoms with Crippen molar-refractivity contribution in [2.24, 2.45) is 0 Å². The lowest BCUT2D eigenvalue weighted by atomic mass is 10.1. The number of phenols is 1. The number of aryl methyl sites for hydroxylation is 1. The highest BCUT2D eigenvalue weighted by Crippen LogP contribution is 2.24. The molecule has 0 spiro atoms. The van der Waals surface area contributed by atoms with Gasteiger partial charge in [-0.15, -0.1) is 0 Å². The molecule has 25 heavy (non-hydrogen) atoms. The first-order valence-corrected chi connectivity index (χ1v) is 8.30. The maximum absolute atomic E-state index is 10.4. The van der Waals surface area contributed by atoms with Gasteiger partial charge in [0.1, 0.15) is 5.75 Å². The van der Waals surface area contributed by atoms with E-state index in [1.165, 1.54) is 11.1 Å². The maximum atomic E-state index is 10.4. The summed E-state index contributed by atoms with van der Waals surface area (Å²) in [6, 6.07) is 26.9. The minimum atomic E-state index is 0. The van der Waals surface area contributed by atoms with Crippen LogP contribution in [0, 0.1) is 6.92 Å². The molecule has 0 aliphatic heterocycles. The number of nitrogens with zero attached hydrogens (tertiary/aromatic N) is 1. The van der Waals surface area contributed by atoms with Crippen LogP contribution < -0.4 is 12.4 Å². The fraction of sp³-hybridized carbons (Fsp3) is 0.182. The number of hydrogen-bond acceptors (Lipinski definition) is 2. The van der Waals surface area contributed by atoms with Crippen LogP contribution in [0.5, 0.6) is 5.75 Å². The van der Waals surface area contributed by atoms with Gasteiger partial charge in [0.2, 0.25) is 0 Å². The van der Waals surface area contributed by atoms with E-state index in [1.54, 1.807) is 0 Å². The van der Waals surface area contributed by atoms with Crippen molar-refractivity contribution in [2.75, 3.05) is 0 Å². The second kappa shape index (κ2) is 9.26. The zero-order chi connectivity index (χ0) is 16.8.